The highest BCUT2D eigenvalue weighted by molar-refractivity contribution is 5.93. The number of carbonyl (C=O) groups is 1. The summed E-state index contributed by atoms with van der Waals surface area (Å²) in [5.41, 5.74) is 1.39. The van der Waals surface area contributed by atoms with Gasteiger partial charge in [-0.15, -0.1) is 0 Å². The Kier molecular flexibility index (Phi) is 6.03. The van der Waals surface area contributed by atoms with Gasteiger partial charge in [-0.2, -0.15) is 0 Å². The van der Waals surface area contributed by atoms with Crippen LogP contribution < -0.4 is 10.1 Å². The van der Waals surface area contributed by atoms with Crippen LogP contribution in [-0.2, 0) is 6.54 Å². The molecule has 0 aliphatic carbocycles. The molecule has 8 nitrogen and oxygen atoms in total. The van der Waals surface area contributed by atoms with Gasteiger partial charge >= 0.3 is 0 Å². The number of rotatable bonds is 7. The maximum Gasteiger partial charge on any atom is 0.270 e. The second-order valence-electron chi connectivity index (χ2n) is 6.31. The van der Waals surface area contributed by atoms with Crippen molar-refractivity contribution in [1.29, 1.82) is 0 Å². The van der Waals surface area contributed by atoms with Gasteiger partial charge in [0, 0.05) is 36.5 Å². The van der Waals surface area contributed by atoms with Crippen molar-refractivity contribution >= 4 is 11.6 Å². The quantitative estimate of drug-likeness (QED) is 0.466. The van der Waals surface area contributed by atoms with Gasteiger partial charge in [0.25, 0.3) is 11.6 Å². The summed E-state index contributed by atoms with van der Waals surface area (Å²) in [5, 5.41) is 23.3. The fraction of sp³-hybridized carbons (Fsp3) is 0.143. The Labute approximate surface area is 166 Å². The Morgan fingerprint density at radius 1 is 1.21 bits per heavy atom. The number of ether oxygens (including phenoxy) is 1. The van der Waals surface area contributed by atoms with Crippen LogP contribution in [0.5, 0.6) is 11.6 Å². The van der Waals surface area contributed by atoms with E-state index in [2.05, 4.69) is 10.3 Å². The van der Waals surface area contributed by atoms with Gasteiger partial charge in [0.05, 0.1) is 10.5 Å². The van der Waals surface area contributed by atoms with E-state index in [0.717, 1.165) is 5.56 Å². The molecule has 0 aliphatic rings. The Hall–Kier alpha value is -3.94. The number of benzene rings is 2. The summed E-state index contributed by atoms with van der Waals surface area (Å²) < 4.78 is 5.78. The molecular weight excluding hydrogens is 374 g/mol. The molecule has 1 amide bonds. The van der Waals surface area contributed by atoms with Gasteiger partial charge in [0.15, 0.2) is 0 Å². The van der Waals surface area contributed by atoms with Crippen molar-refractivity contribution < 1.29 is 19.6 Å². The minimum Gasteiger partial charge on any atom is -0.508 e. The van der Waals surface area contributed by atoms with Crippen LogP contribution in [0.3, 0.4) is 0 Å². The molecule has 2 N–H and O–H groups in total. The SMILES string of the molecule is CC(Oc1ccc(C(=O)NCc2cc([N+](=O)[O-])ccc2O)cn1)c1ccccc1. The third-order valence-electron chi connectivity index (χ3n) is 4.28. The standard InChI is InChI=1S/C21H19N3O5/c1-14(15-5-3-2-4-6-15)29-20-10-7-16(12-22-20)21(26)23-13-17-11-18(24(27)28)8-9-19(17)25/h2-12,14,25H,13H2,1H3,(H,23,26). The van der Waals surface area contributed by atoms with E-state index in [1.54, 1.807) is 12.1 Å². The fourth-order valence-corrected chi connectivity index (χ4v) is 2.66. The first-order valence-corrected chi connectivity index (χ1v) is 8.86. The van der Waals surface area contributed by atoms with Gasteiger partial charge in [0.2, 0.25) is 5.88 Å². The molecule has 0 spiro atoms. The van der Waals surface area contributed by atoms with Gasteiger partial charge < -0.3 is 15.2 Å². The van der Waals surface area contributed by atoms with E-state index in [-0.39, 0.29) is 29.6 Å². The summed E-state index contributed by atoms with van der Waals surface area (Å²) in [6.45, 7) is 1.85. The molecule has 29 heavy (non-hydrogen) atoms. The van der Waals surface area contributed by atoms with Crippen LogP contribution in [0, 0.1) is 10.1 Å². The van der Waals surface area contributed by atoms with Crippen molar-refractivity contribution in [2.45, 2.75) is 19.6 Å². The van der Waals surface area contributed by atoms with Crippen LogP contribution >= 0.6 is 0 Å². The molecule has 0 radical (unpaired) electrons. The van der Waals surface area contributed by atoms with Crippen molar-refractivity contribution in [3.63, 3.8) is 0 Å². The number of phenols is 1. The molecule has 1 atom stereocenters. The number of amides is 1. The van der Waals surface area contributed by atoms with Gasteiger partial charge in [-0.25, -0.2) is 4.98 Å². The number of carbonyl (C=O) groups excluding carboxylic acids is 1. The molecule has 3 aromatic rings. The van der Waals surface area contributed by atoms with Gasteiger partial charge in [-0.05, 0) is 24.6 Å². The summed E-state index contributed by atoms with van der Waals surface area (Å²) in [5.74, 6) is -0.173. The highest BCUT2D eigenvalue weighted by Gasteiger charge is 2.13. The van der Waals surface area contributed by atoms with Gasteiger partial charge in [0.1, 0.15) is 11.9 Å². The molecule has 3 rings (SSSR count). The largest absolute Gasteiger partial charge is 0.508 e. The molecule has 148 valence electrons. The minimum absolute atomic E-state index is 0.0599. The molecule has 2 aromatic carbocycles. The molecule has 0 aliphatic heterocycles. The third-order valence-corrected chi connectivity index (χ3v) is 4.28. The molecule has 1 unspecified atom stereocenters. The smallest absolute Gasteiger partial charge is 0.270 e. The average Bonchev–Trinajstić information content (AvgIpc) is 2.74. The van der Waals surface area contributed by atoms with Crippen molar-refractivity contribution in [1.82, 2.24) is 10.3 Å². The van der Waals surface area contributed by atoms with Crippen LogP contribution in [0.4, 0.5) is 5.69 Å². The zero-order chi connectivity index (χ0) is 20.8. The van der Waals surface area contributed by atoms with E-state index in [4.69, 9.17) is 4.74 Å². The second kappa shape index (κ2) is 8.83. The number of nitro groups is 1. The average molecular weight is 393 g/mol. The number of hydrogen-bond donors (Lipinski definition) is 2. The Morgan fingerprint density at radius 3 is 2.62 bits per heavy atom. The van der Waals surface area contributed by atoms with Crippen molar-refractivity contribution in [2.24, 2.45) is 0 Å². The minimum atomic E-state index is -0.566. The summed E-state index contributed by atoms with van der Waals surface area (Å²) in [6, 6.07) is 16.5. The highest BCUT2D eigenvalue weighted by Crippen LogP contribution is 2.23. The molecule has 0 saturated carbocycles. The lowest BCUT2D eigenvalue weighted by atomic mass is 10.1. The van der Waals surface area contributed by atoms with Crippen molar-refractivity contribution in [2.75, 3.05) is 0 Å². The number of pyridine rings is 1. The molecule has 0 fully saturated rings. The van der Waals surface area contributed by atoms with Crippen LogP contribution in [-0.4, -0.2) is 20.9 Å². The zero-order valence-corrected chi connectivity index (χ0v) is 15.6. The number of aromatic nitrogens is 1. The third kappa shape index (κ3) is 5.07. The monoisotopic (exact) mass is 393 g/mol. The van der Waals surface area contributed by atoms with E-state index < -0.39 is 10.8 Å². The first kappa shape index (κ1) is 19.8. The lowest BCUT2D eigenvalue weighted by Crippen LogP contribution is -2.23. The van der Waals surface area contributed by atoms with Gasteiger partial charge in [-0.1, -0.05) is 30.3 Å². The van der Waals surface area contributed by atoms with Crippen LogP contribution in [0.25, 0.3) is 0 Å². The van der Waals surface area contributed by atoms with E-state index in [1.165, 1.54) is 24.4 Å². The summed E-state index contributed by atoms with van der Waals surface area (Å²) in [4.78, 5) is 26.7. The number of nitro benzene ring substituents is 1. The maximum atomic E-state index is 12.3. The first-order valence-electron chi connectivity index (χ1n) is 8.86. The zero-order valence-electron chi connectivity index (χ0n) is 15.6. The number of aromatic hydroxyl groups is 1. The molecule has 8 heteroatoms. The Balaban J connectivity index is 1.61. The number of nitrogens with zero attached hydrogens (tertiary/aromatic N) is 2. The van der Waals surface area contributed by atoms with Crippen LogP contribution in [0.1, 0.15) is 34.5 Å². The number of non-ortho nitro benzene ring substituents is 1. The Morgan fingerprint density at radius 2 is 1.97 bits per heavy atom. The molecule has 0 bridgehead atoms. The highest BCUT2D eigenvalue weighted by atomic mass is 16.6. The molecular formula is C21H19N3O5. The molecule has 1 aromatic heterocycles. The van der Waals surface area contributed by atoms with Crippen molar-refractivity contribution in [3.05, 3.63) is 93.7 Å². The predicted molar refractivity (Wildman–Crippen MR) is 106 cm³/mol. The topological polar surface area (TPSA) is 115 Å². The van der Waals surface area contributed by atoms with E-state index in [0.29, 0.717) is 11.4 Å². The van der Waals surface area contributed by atoms with Crippen LogP contribution in [0.2, 0.25) is 0 Å². The van der Waals surface area contributed by atoms with E-state index in [9.17, 15) is 20.0 Å². The summed E-state index contributed by atoms with van der Waals surface area (Å²) in [7, 11) is 0. The number of phenolic OH excluding ortho intramolecular Hbond substituents is 1. The van der Waals surface area contributed by atoms with E-state index in [1.807, 2.05) is 37.3 Å². The van der Waals surface area contributed by atoms with E-state index >= 15 is 0 Å². The maximum absolute atomic E-state index is 12.3. The molecule has 0 saturated heterocycles. The lowest BCUT2D eigenvalue weighted by Gasteiger charge is -2.14. The summed E-state index contributed by atoms with van der Waals surface area (Å²) >= 11 is 0. The van der Waals surface area contributed by atoms with Crippen LogP contribution in [0.15, 0.2) is 66.9 Å². The second-order valence-corrected chi connectivity index (χ2v) is 6.31. The normalized spacial score (nSPS) is 11.5. The fourth-order valence-electron chi connectivity index (χ4n) is 2.66. The van der Waals surface area contributed by atoms with Gasteiger partial charge in [-0.3, -0.25) is 14.9 Å². The Bertz CT molecular complexity index is 1010. The first-order chi connectivity index (χ1) is 13.9. The number of hydrogen-bond acceptors (Lipinski definition) is 6. The summed E-state index contributed by atoms with van der Waals surface area (Å²) in [6.07, 6.45) is 1.19. The number of nitrogens with one attached hydrogen (secondary N) is 1. The lowest BCUT2D eigenvalue weighted by molar-refractivity contribution is -0.384. The predicted octanol–water partition coefficient (Wildman–Crippen LogP) is 3.77. The van der Waals surface area contributed by atoms with Crippen molar-refractivity contribution in [3.8, 4) is 11.6 Å². The molecule has 1 heterocycles.